The number of ether oxygens (including phenoxy) is 2. The number of carbonyl (C=O) groups is 2. The van der Waals surface area contributed by atoms with Gasteiger partial charge in [-0.3, -0.25) is 4.79 Å². The average molecular weight is 299 g/mol. The van der Waals surface area contributed by atoms with Gasteiger partial charge in [0.1, 0.15) is 6.61 Å². The predicted molar refractivity (Wildman–Crippen MR) is 77.0 cm³/mol. The zero-order chi connectivity index (χ0) is 15.3. The maximum atomic E-state index is 12.2. The number of amides is 2. The van der Waals surface area contributed by atoms with Crippen molar-refractivity contribution in [3.05, 3.63) is 0 Å². The van der Waals surface area contributed by atoms with Crippen LogP contribution < -0.4 is 10.6 Å². The summed E-state index contributed by atoms with van der Waals surface area (Å²) < 4.78 is 10.5. The number of alkyl carbamates (subject to hydrolysis) is 1. The Kier molecular flexibility index (Phi) is 5.41. The summed E-state index contributed by atoms with van der Waals surface area (Å²) in [5.74, 6) is -0.0153. The van der Waals surface area contributed by atoms with Gasteiger partial charge in [-0.2, -0.15) is 0 Å². The van der Waals surface area contributed by atoms with Crippen LogP contribution in [0, 0.1) is 0 Å². The molecule has 0 saturated carbocycles. The van der Waals surface area contributed by atoms with Crippen molar-refractivity contribution in [2.45, 2.75) is 38.3 Å². The van der Waals surface area contributed by atoms with Gasteiger partial charge in [-0.25, -0.2) is 4.79 Å². The van der Waals surface area contributed by atoms with E-state index < -0.39 is 6.09 Å². The molecular formula is C14H25N3O4. The molecule has 7 nitrogen and oxygen atoms in total. The summed E-state index contributed by atoms with van der Waals surface area (Å²) in [6.07, 6.45) is 1.33. The van der Waals surface area contributed by atoms with Gasteiger partial charge in [0, 0.05) is 32.2 Å². The lowest BCUT2D eigenvalue weighted by atomic mass is 10.0. The molecular weight excluding hydrogens is 274 g/mol. The molecule has 1 atom stereocenters. The molecule has 0 aromatic heterocycles. The molecule has 2 saturated heterocycles. The SMILES string of the molecule is CCOC(=O)NC1CCCN(C(=O)COC2(C)CNC2)C1. The fourth-order valence-corrected chi connectivity index (χ4v) is 2.57. The van der Waals surface area contributed by atoms with Crippen LogP contribution in [0.15, 0.2) is 0 Å². The van der Waals surface area contributed by atoms with E-state index in [4.69, 9.17) is 9.47 Å². The Morgan fingerprint density at radius 2 is 2.19 bits per heavy atom. The van der Waals surface area contributed by atoms with Crippen molar-refractivity contribution in [3.63, 3.8) is 0 Å². The van der Waals surface area contributed by atoms with Crippen molar-refractivity contribution in [2.24, 2.45) is 0 Å². The number of piperidine rings is 1. The quantitative estimate of drug-likeness (QED) is 0.753. The Morgan fingerprint density at radius 3 is 2.81 bits per heavy atom. The Hall–Kier alpha value is -1.34. The summed E-state index contributed by atoms with van der Waals surface area (Å²) in [6.45, 7) is 7.03. The molecule has 7 heteroatoms. The molecule has 0 aliphatic carbocycles. The number of hydrogen-bond acceptors (Lipinski definition) is 5. The van der Waals surface area contributed by atoms with Gasteiger partial charge in [-0.1, -0.05) is 0 Å². The zero-order valence-electron chi connectivity index (χ0n) is 12.8. The van der Waals surface area contributed by atoms with E-state index in [2.05, 4.69) is 10.6 Å². The minimum atomic E-state index is -0.416. The summed E-state index contributed by atoms with van der Waals surface area (Å²) in [5.41, 5.74) is -0.214. The zero-order valence-corrected chi connectivity index (χ0v) is 12.8. The van der Waals surface area contributed by atoms with Crippen LogP contribution in [0.25, 0.3) is 0 Å². The monoisotopic (exact) mass is 299 g/mol. The van der Waals surface area contributed by atoms with Crippen molar-refractivity contribution in [3.8, 4) is 0 Å². The Balaban J connectivity index is 1.74. The molecule has 2 aliphatic heterocycles. The molecule has 0 bridgehead atoms. The van der Waals surface area contributed by atoms with Crippen LogP contribution in [0.4, 0.5) is 4.79 Å². The molecule has 120 valence electrons. The lowest BCUT2D eigenvalue weighted by Gasteiger charge is -2.40. The van der Waals surface area contributed by atoms with Gasteiger partial charge in [-0.15, -0.1) is 0 Å². The highest BCUT2D eigenvalue weighted by Crippen LogP contribution is 2.16. The molecule has 0 spiro atoms. The van der Waals surface area contributed by atoms with Crippen molar-refractivity contribution < 1.29 is 19.1 Å². The number of rotatable bonds is 5. The van der Waals surface area contributed by atoms with Crippen molar-refractivity contribution in [2.75, 3.05) is 39.4 Å². The first-order valence-electron chi connectivity index (χ1n) is 7.58. The van der Waals surface area contributed by atoms with E-state index in [-0.39, 0.29) is 24.2 Å². The predicted octanol–water partition coefficient (Wildman–Crippen LogP) is 0.102. The molecule has 2 rings (SSSR count). The molecule has 2 aliphatic rings. The molecule has 0 aromatic rings. The summed E-state index contributed by atoms with van der Waals surface area (Å²) in [4.78, 5) is 25.4. The van der Waals surface area contributed by atoms with Gasteiger partial charge in [0.2, 0.25) is 5.91 Å². The number of nitrogens with zero attached hydrogens (tertiary/aromatic N) is 1. The highest BCUT2D eigenvalue weighted by atomic mass is 16.5. The second kappa shape index (κ2) is 7.09. The minimum absolute atomic E-state index is 0.0153. The van der Waals surface area contributed by atoms with E-state index in [9.17, 15) is 9.59 Å². The first-order chi connectivity index (χ1) is 10.0. The van der Waals surface area contributed by atoms with E-state index in [1.165, 1.54) is 0 Å². The second-order valence-electron chi connectivity index (χ2n) is 5.89. The highest BCUT2D eigenvalue weighted by Gasteiger charge is 2.34. The molecule has 2 heterocycles. The lowest BCUT2D eigenvalue weighted by molar-refractivity contribution is -0.147. The van der Waals surface area contributed by atoms with Gasteiger partial charge in [0.15, 0.2) is 0 Å². The van der Waals surface area contributed by atoms with Gasteiger partial charge < -0.3 is 25.0 Å². The standard InChI is InChI=1S/C14H25N3O4/c1-3-20-13(19)16-11-5-4-6-17(7-11)12(18)8-21-14(2)9-15-10-14/h11,15H,3-10H2,1-2H3,(H,16,19). The topological polar surface area (TPSA) is 79.9 Å². The van der Waals surface area contributed by atoms with Crippen LogP contribution >= 0.6 is 0 Å². The Bertz CT molecular complexity index is 384. The Morgan fingerprint density at radius 1 is 1.43 bits per heavy atom. The Labute approximate surface area is 125 Å². The first kappa shape index (κ1) is 16.0. The van der Waals surface area contributed by atoms with Gasteiger partial charge in [-0.05, 0) is 26.7 Å². The molecule has 2 amide bonds. The van der Waals surface area contributed by atoms with E-state index in [0.717, 1.165) is 32.5 Å². The van der Waals surface area contributed by atoms with Crippen LogP contribution in [0.3, 0.4) is 0 Å². The van der Waals surface area contributed by atoms with E-state index in [0.29, 0.717) is 13.2 Å². The third-order valence-corrected chi connectivity index (χ3v) is 3.91. The number of hydrogen-bond donors (Lipinski definition) is 2. The third kappa shape index (κ3) is 4.57. The maximum absolute atomic E-state index is 12.2. The third-order valence-electron chi connectivity index (χ3n) is 3.91. The number of likely N-dealkylation sites (tertiary alicyclic amines) is 1. The van der Waals surface area contributed by atoms with Crippen LogP contribution in [-0.4, -0.2) is 67.9 Å². The summed E-state index contributed by atoms with van der Waals surface area (Å²) in [6, 6.07) is -0.0392. The summed E-state index contributed by atoms with van der Waals surface area (Å²) in [5, 5.41) is 5.93. The van der Waals surface area contributed by atoms with E-state index >= 15 is 0 Å². The van der Waals surface area contributed by atoms with Gasteiger partial charge >= 0.3 is 6.09 Å². The normalized spacial score (nSPS) is 24.1. The molecule has 0 aromatic carbocycles. The largest absolute Gasteiger partial charge is 0.450 e. The smallest absolute Gasteiger partial charge is 0.407 e. The molecule has 2 N–H and O–H groups in total. The van der Waals surface area contributed by atoms with Crippen molar-refractivity contribution in [1.29, 1.82) is 0 Å². The van der Waals surface area contributed by atoms with E-state index in [1.54, 1.807) is 11.8 Å². The van der Waals surface area contributed by atoms with Crippen LogP contribution in [0.2, 0.25) is 0 Å². The molecule has 2 fully saturated rings. The first-order valence-corrected chi connectivity index (χ1v) is 7.58. The number of carbonyl (C=O) groups excluding carboxylic acids is 2. The van der Waals surface area contributed by atoms with Crippen LogP contribution in [-0.2, 0) is 14.3 Å². The second-order valence-corrected chi connectivity index (χ2v) is 5.89. The summed E-state index contributed by atoms with van der Waals surface area (Å²) >= 11 is 0. The van der Waals surface area contributed by atoms with Gasteiger partial charge in [0.25, 0.3) is 0 Å². The molecule has 0 radical (unpaired) electrons. The minimum Gasteiger partial charge on any atom is -0.450 e. The van der Waals surface area contributed by atoms with Crippen LogP contribution in [0.5, 0.6) is 0 Å². The lowest BCUT2D eigenvalue weighted by Crippen LogP contribution is -2.60. The van der Waals surface area contributed by atoms with Crippen LogP contribution in [0.1, 0.15) is 26.7 Å². The molecule has 1 unspecified atom stereocenters. The van der Waals surface area contributed by atoms with Gasteiger partial charge in [0.05, 0.1) is 12.2 Å². The number of nitrogens with one attached hydrogen (secondary N) is 2. The molecule has 21 heavy (non-hydrogen) atoms. The summed E-state index contributed by atoms with van der Waals surface area (Å²) in [7, 11) is 0. The van der Waals surface area contributed by atoms with E-state index in [1.807, 2.05) is 6.92 Å². The highest BCUT2D eigenvalue weighted by molar-refractivity contribution is 5.77. The maximum Gasteiger partial charge on any atom is 0.407 e. The fourth-order valence-electron chi connectivity index (χ4n) is 2.57. The van der Waals surface area contributed by atoms with Crippen molar-refractivity contribution in [1.82, 2.24) is 15.5 Å². The fraction of sp³-hybridized carbons (Fsp3) is 0.857. The average Bonchev–Trinajstić information content (AvgIpc) is 2.43. The van der Waals surface area contributed by atoms with Crippen molar-refractivity contribution >= 4 is 12.0 Å².